The summed E-state index contributed by atoms with van der Waals surface area (Å²) in [7, 11) is 0. The van der Waals surface area contributed by atoms with E-state index in [-0.39, 0.29) is 5.41 Å². The molecule has 0 amide bonds. The van der Waals surface area contributed by atoms with E-state index in [1.807, 2.05) is 6.07 Å². The number of ether oxygens (including phenoxy) is 1. The van der Waals surface area contributed by atoms with Gasteiger partial charge in [0.25, 0.3) is 0 Å². The number of pyridine rings is 1. The Labute approximate surface area is 152 Å². The number of nitrogens with one attached hydrogen (secondary N) is 2. The minimum Gasteiger partial charge on any atom is -0.381 e. The number of benzene rings is 1. The molecule has 0 radical (unpaired) electrons. The molecule has 1 aromatic heterocycles. The molecule has 6 heteroatoms. The highest BCUT2D eigenvalue weighted by Gasteiger charge is 2.34. The Kier molecular flexibility index (Phi) is 5.66. The van der Waals surface area contributed by atoms with Crippen LogP contribution in [0.4, 0.5) is 5.82 Å². The van der Waals surface area contributed by atoms with Crippen LogP contribution in [0.1, 0.15) is 18.4 Å². The van der Waals surface area contributed by atoms with Crippen molar-refractivity contribution in [2.24, 2.45) is 0 Å². The first-order chi connectivity index (χ1) is 11.7. The molecule has 0 saturated carbocycles. The molecule has 2 aromatic rings. The third kappa shape index (κ3) is 4.23. The quantitative estimate of drug-likeness (QED) is 0.812. The first-order valence-electron chi connectivity index (χ1n) is 7.98. The lowest BCUT2D eigenvalue weighted by Gasteiger charge is -2.38. The van der Waals surface area contributed by atoms with Crippen LogP contribution in [-0.4, -0.2) is 29.9 Å². The van der Waals surface area contributed by atoms with Gasteiger partial charge in [-0.2, -0.15) is 0 Å². The van der Waals surface area contributed by atoms with Gasteiger partial charge in [0.05, 0.1) is 5.02 Å². The van der Waals surface area contributed by atoms with Crippen molar-refractivity contribution in [2.75, 3.05) is 25.1 Å². The highest BCUT2D eigenvalue weighted by molar-refractivity contribution is 7.80. The Morgan fingerprint density at radius 2 is 1.92 bits per heavy atom. The van der Waals surface area contributed by atoms with Gasteiger partial charge in [-0.25, -0.2) is 4.98 Å². The number of thiocarbonyl (C=S) groups is 1. The van der Waals surface area contributed by atoms with E-state index in [0.717, 1.165) is 32.6 Å². The molecule has 3 rings (SSSR count). The number of aromatic nitrogens is 1. The third-order valence-corrected chi connectivity index (χ3v) is 4.86. The zero-order chi connectivity index (χ0) is 16.8. The number of halogens is 1. The average molecular weight is 362 g/mol. The van der Waals surface area contributed by atoms with E-state index in [9.17, 15) is 0 Å². The minimum absolute atomic E-state index is 0.0404. The maximum atomic E-state index is 5.85. The van der Waals surface area contributed by atoms with E-state index in [0.29, 0.717) is 16.0 Å². The summed E-state index contributed by atoms with van der Waals surface area (Å²) in [5.74, 6) is 0.678. The smallest absolute Gasteiger partial charge is 0.171 e. The molecular weight excluding hydrogens is 342 g/mol. The lowest BCUT2D eigenvalue weighted by Crippen LogP contribution is -2.45. The summed E-state index contributed by atoms with van der Waals surface area (Å²) in [6.45, 7) is 2.31. The van der Waals surface area contributed by atoms with Gasteiger partial charge in [-0.05, 0) is 42.8 Å². The highest BCUT2D eigenvalue weighted by atomic mass is 35.5. The lowest BCUT2D eigenvalue weighted by molar-refractivity contribution is 0.0515. The van der Waals surface area contributed by atoms with Gasteiger partial charge in [-0.15, -0.1) is 0 Å². The fourth-order valence-corrected chi connectivity index (χ4v) is 3.27. The van der Waals surface area contributed by atoms with Crippen molar-refractivity contribution in [3.63, 3.8) is 0 Å². The van der Waals surface area contributed by atoms with Crippen molar-refractivity contribution in [3.05, 3.63) is 59.2 Å². The molecule has 2 N–H and O–H groups in total. The van der Waals surface area contributed by atoms with Crippen LogP contribution in [0.2, 0.25) is 5.02 Å². The number of hydrogen-bond donors (Lipinski definition) is 2. The van der Waals surface area contributed by atoms with Crippen LogP contribution in [0.15, 0.2) is 48.7 Å². The summed E-state index contributed by atoms with van der Waals surface area (Å²) in [5, 5.41) is 7.61. The van der Waals surface area contributed by atoms with Crippen molar-refractivity contribution < 1.29 is 4.74 Å². The molecule has 0 spiro atoms. The number of nitrogens with zero attached hydrogens (tertiary/aromatic N) is 1. The molecule has 1 aromatic carbocycles. The van der Waals surface area contributed by atoms with Crippen LogP contribution in [-0.2, 0) is 10.2 Å². The van der Waals surface area contributed by atoms with Crippen LogP contribution in [0.5, 0.6) is 0 Å². The molecular formula is C18H20ClN3OS. The molecule has 126 valence electrons. The highest BCUT2D eigenvalue weighted by Crippen LogP contribution is 2.34. The molecule has 1 saturated heterocycles. The van der Waals surface area contributed by atoms with Crippen LogP contribution >= 0.6 is 23.8 Å². The van der Waals surface area contributed by atoms with Gasteiger partial charge in [0.2, 0.25) is 0 Å². The Bertz CT molecular complexity index is 672. The predicted octanol–water partition coefficient (Wildman–Crippen LogP) is 3.77. The van der Waals surface area contributed by atoms with E-state index in [1.165, 1.54) is 5.56 Å². The summed E-state index contributed by atoms with van der Waals surface area (Å²) < 4.78 is 5.56. The zero-order valence-electron chi connectivity index (χ0n) is 13.3. The maximum absolute atomic E-state index is 5.85. The fourth-order valence-electron chi connectivity index (χ4n) is 2.98. The number of hydrogen-bond acceptors (Lipinski definition) is 3. The molecule has 0 atom stereocenters. The molecule has 1 aliphatic heterocycles. The van der Waals surface area contributed by atoms with Gasteiger partial charge < -0.3 is 15.4 Å². The second kappa shape index (κ2) is 7.92. The molecule has 1 aliphatic rings. The van der Waals surface area contributed by atoms with Gasteiger partial charge in [-0.3, -0.25) is 0 Å². The Balaban J connectivity index is 1.65. The first-order valence-corrected chi connectivity index (χ1v) is 8.76. The summed E-state index contributed by atoms with van der Waals surface area (Å²) >= 11 is 11.3. The summed E-state index contributed by atoms with van der Waals surface area (Å²) in [6, 6.07) is 14.2. The van der Waals surface area contributed by atoms with Crippen molar-refractivity contribution in [3.8, 4) is 0 Å². The molecule has 0 bridgehead atoms. The summed E-state index contributed by atoms with van der Waals surface area (Å²) in [6.07, 6.45) is 3.55. The zero-order valence-corrected chi connectivity index (χ0v) is 14.9. The van der Waals surface area contributed by atoms with Gasteiger partial charge in [0.1, 0.15) is 5.82 Å². The third-order valence-electron chi connectivity index (χ3n) is 4.39. The second-order valence-electron chi connectivity index (χ2n) is 5.93. The Hall–Kier alpha value is -1.69. The fraction of sp³-hybridized carbons (Fsp3) is 0.333. The Morgan fingerprint density at radius 3 is 2.58 bits per heavy atom. The van der Waals surface area contributed by atoms with Crippen LogP contribution in [0.3, 0.4) is 0 Å². The SMILES string of the molecule is S=C(NCC1(c2ccccc2)CCOCC1)Nc1ccc(Cl)cn1. The van der Waals surface area contributed by atoms with Gasteiger partial charge >= 0.3 is 0 Å². The number of anilines is 1. The van der Waals surface area contributed by atoms with Crippen molar-refractivity contribution >= 4 is 34.7 Å². The first kappa shape index (κ1) is 17.1. The normalized spacial score (nSPS) is 16.4. The van der Waals surface area contributed by atoms with Gasteiger partial charge in [-0.1, -0.05) is 41.9 Å². The van der Waals surface area contributed by atoms with E-state index in [4.69, 9.17) is 28.6 Å². The lowest BCUT2D eigenvalue weighted by atomic mass is 9.74. The van der Waals surface area contributed by atoms with E-state index >= 15 is 0 Å². The predicted molar refractivity (Wildman–Crippen MR) is 102 cm³/mol. The monoisotopic (exact) mass is 361 g/mol. The molecule has 4 nitrogen and oxygen atoms in total. The average Bonchev–Trinajstić information content (AvgIpc) is 2.63. The van der Waals surface area contributed by atoms with Crippen LogP contribution in [0.25, 0.3) is 0 Å². The minimum atomic E-state index is 0.0404. The molecule has 24 heavy (non-hydrogen) atoms. The Morgan fingerprint density at radius 1 is 1.17 bits per heavy atom. The number of rotatable bonds is 4. The van der Waals surface area contributed by atoms with Crippen molar-refractivity contribution in [1.82, 2.24) is 10.3 Å². The van der Waals surface area contributed by atoms with Crippen LogP contribution < -0.4 is 10.6 Å². The van der Waals surface area contributed by atoms with Crippen LogP contribution in [0, 0.1) is 0 Å². The topological polar surface area (TPSA) is 46.2 Å². The summed E-state index contributed by atoms with van der Waals surface area (Å²) in [5.41, 5.74) is 1.37. The van der Waals surface area contributed by atoms with E-state index in [2.05, 4.69) is 39.9 Å². The maximum Gasteiger partial charge on any atom is 0.171 e. The molecule has 2 heterocycles. The summed E-state index contributed by atoms with van der Waals surface area (Å²) in [4.78, 5) is 4.20. The van der Waals surface area contributed by atoms with Gasteiger partial charge in [0, 0.05) is 31.4 Å². The largest absolute Gasteiger partial charge is 0.381 e. The van der Waals surface area contributed by atoms with Gasteiger partial charge in [0.15, 0.2) is 5.11 Å². The molecule has 0 unspecified atom stereocenters. The standard InChI is InChI=1S/C18H20ClN3OS/c19-15-6-7-16(20-12-15)22-17(24)21-13-18(8-10-23-11-9-18)14-4-2-1-3-5-14/h1-7,12H,8-11,13H2,(H2,20,21,22,24). The van der Waals surface area contributed by atoms with E-state index < -0.39 is 0 Å². The second-order valence-corrected chi connectivity index (χ2v) is 6.77. The van der Waals surface area contributed by atoms with Crippen molar-refractivity contribution in [2.45, 2.75) is 18.3 Å². The molecule has 1 fully saturated rings. The van der Waals surface area contributed by atoms with E-state index in [1.54, 1.807) is 18.3 Å². The van der Waals surface area contributed by atoms with Crippen molar-refractivity contribution in [1.29, 1.82) is 0 Å². The molecule has 0 aliphatic carbocycles.